The first-order chi connectivity index (χ1) is 10.9. The Balaban J connectivity index is 1.47. The van der Waals surface area contributed by atoms with Gasteiger partial charge in [0.25, 0.3) is 0 Å². The van der Waals surface area contributed by atoms with Crippen LogP contribution in [0, 0.1) is 0 Å². The Labute approximate surface area is 137 Å². The van der Waals surface area contributed by atoms with Crippen molar-refractivity contribution in [1.29, 1.82) is 0 Å². The topological polar surface area (TPSA) is 3.24 Å². The molecule has 0 bridgehead atoms. The van der Waals surface area contributed by atoms with Crippen LogP contribution in [-0.4, -0.2) is 11.4 Å². The van der Waals surface area contributed by atoms with Gasteiger partial charge < -0.3 is 4.90 Å². The largest absolute Gasteiger partial charge is 0.373 e. The summed E-state index contributed by atoms with van der Waals surface area (Å²) >= 11 is 0. The maximum Gasteiger partial charge on any atom is 0.0429 e. The van der Waals surface area contributed by atoms with Crippen molar-refractivity contribution in [2.24, 2.45) is 0 Å². The molecule has 0 unspecified atom stereocenters. The van der Waals surface area contributed by atoms with Crippen LogP contribution >= 0.6 is 0 Å². The Bertz CT molecular complexity index is 435. The van der Waals surface area contributed by atoms with Crippen LogP contribution in [-0.2, 0) is 6.54 Å². The number of hydrogen-bond acceptors (Lipinski definition) is 1. The lowest BCUT2D eigenvalue weighted by molar-refractivity contribution is 0.353. The molecule has 1 nitrogen and oxygen atoms in total. The van der Waals surface area contributed by atoms with Gasteiger partial charge in [-0.15, -0.1) is 0 Å². The van der Waals surface area contributed by atoms with Gasteiger partial charge in [0.05, 0.1) is 0 Å². The molecule has 1 aliphatic rings. The zero-order chi connectivity index (χ0) is 15.5. The van der Waals surface area contributed by atoms with E-state index >= 15 is 0 Å². The maximum atomic E-state index is 2.47. The second kappa shape index (κ2) is 10.5. The average Bonchev–Trinajstić information content (AvgIpc) is 2.56. The summed E-state index contributed by atoms with van der Waals surface area (Å²) in [4.78, 5) is 2.47. The highest BCUT2D eigenvalue weighted by Gasteiger charge is 2.08. The summed E-state index contributed by atoms with van der Waals surface area (Å²) in [6.07, 6.45) is 18.7. The van der Waals surface area contributed by atoms with Crippen molar-refractivity contribution in [3.63, 3.8) is 0 Å². The molecule has 1 aliphatic heterocycles. The molecule has 1 aromatic carbocycles. The summed E-state index contributed by atoms with van der Waals surface area (Å²) < 4.78 is 0. The summed E-state index contributed by atoms with van der Waals surface area (Å²) in [6.45, 7) is 4.58. The molecule has 0 saturated heterocycles. The molecule has 0 aliphatic carbocycles. The number of unbranched alkanes of at least 4 members (excludes halogenated alkanes) is 9. The lowest BCUT2D eigenvalue weighted by atomic mass is 10.0. The van der Waals surface area contributed by atoms with E-state index in [1.54, 1.807) is 0 Å². The van der Waals surface area contributed by atoms with Crippen LogP contribution in [0.1, 0.15) is 82.3 Å². The molecular formula is C21H33N. The van der Waals surface area contributed by atoms with Gasteiger partial charge in [0.2, 0.25) is 0 Å². The lowest BCUT2D eigenvalue weighted by Crippen LogP contribution is -2.21. The fourth-order valence-electron chi connectivity index (χ4n) is 3.25. The summed E-state index contributed by atoms with van der Waals surface area (Å²) in [7, 11) is 0. The third-order valence-electron chi connectivity index (χ3n) is 4.69. The van der Waals surface area contributed by atoms with Gasteiger partial charge in [0.1, 0.15) is 0 Å². The van der Waals surface area contributed by atoms with E-state index in [1.165, 1.54) is 81.9 Å². The van der Waals surface area contributed by atoms with Crippen molar-refractivity contribution in [2.75, 3.05) is 6.54 Å². The monoisotopic (exact) mass is 299 g/mol. The van der Waals surface area contributed by atoms with E-state index in [2.05, 4.69) is 48.4 Å². The second-order valence-corrected chi connectivity index (χ2v) is 6.67. The van der Waals surface area contributed by atoms with Crippen molar-refractivity contribution >= 4 is 6.08 Å². The van der Waals surface area contributed by atoms with Crippen molar-refractivity contribution in [3.05, 3.63) is 41.6 Å². The van der Waals surface area contributed by atoms with Crippen LogP contribution in [0.3, 0.4) is 0 Å². The molecule has 0 N–H and O–H groups in total. The van der Waals surface area contributed by atoms with Gasteiger partial charge in [0.15, 0.2) is 0 Å². The molecule has 0 amide bonds. The molecular weight excluding hydrogens is 266 g/mol. The first-order valence-electron chi connectivity index (χ1n) is 9.40. The Morgan fingerprint density at radius 1 is 0.818 bits per heavy atom. The minimum Gasteiger partial charge on any atom is -0.373 e. The Hall–Kier alpha value is -1.24. The van der Waals surface area contributed by atoms with Crippen LogP contribution in [0.2, 0.25) is 0 Å². The Morgan fingerprint density at radius 2 is 1.45 bits per heavy atom. The highest BCUT2D eigenvalue weighted by molar-refractivity contribution is 5.55. The summed E-state index contributed by atoms with van der Waals surface area (Å²) in [6, 6.07) is 8.74. The Kier molecular flexibility index (Phi) is 8.15. The van der Waals surface area contributed by atoms with Crippen molar-refractivity contribution in [1.82, 2.24) is 4.90 Å². The molecule has 22 heavy (non-hydrogen) atoms. The number of benzene rings is 1. The van der Waals surface area contributed by atoms with Gasteiger partial charge in [-0.05, 0) is 29.8 Å². The molecule has 0 spiro atoms. The van der Waals surface area contributed by atoms with Gasteiger partial charge in [-0.1, -0.05) is 89.0 Å². The van der Waals surface area contributed by atoms with Crippen LogP contribution in [0.4, 0.5) is 0 Å². The fourth-order valence-corrected chi connectivity index (χ4v) is 3.25. The van der Waals surface area contributed by atoms with Gasteiger partial charge in [0, 0.05) is 13.1 Å². The second-order valence-electron chi connectivity index (χ2n) is 6.67. The van der Waals surface area contributed by atoms with Gasteiger partial charge in [-0.3, -0.25) is 0 Å². The van der Waals surface area contributed by atoms with Crippen molar-refractivity contribution < 1.29 is 0 Å². The molecule has 1 aromatic rings. The molecule has 0 fully saturated rings. The van der Waals surface area contributed by atoms with Crippen LogP contribution in [0.15, 0.2) is 30.5 Å². The van der Waals surface area contributed by atoms with E-state index in [-0.39, 0.29) is 0 Å². The van der Waals surface area contributed by atoms with Crippen molar-refractivity contribution in [2.45, 2.75) is 77.7 Å². The zero-order valence-electron chi connectivity index (χ0n) is 14.4. The number of hydrogen-bond donors (Lipinski definition) is 0. The standard InChI is InChI=1S/C21H33N/c1-2-3-4-5-6-7-8-9-10-13-17-22-18-16-20-14-11-12-15-21(20)19-22/h11-12,14-16,18H,2-10,13,17,19H2,1H3. The van der Waals surface area contributed by atoms with E-state index < -0.39 is 0 Å². The maximum absolute atomic E-state index is 2.47. The Morgan fingerprint density at radius 3 is 2.18 bits per heavy atom. The molecule has 0 aromatic heterocycles. The minimum atomic E-state index is 1.09. The molecule has 1 heteroatoms. The quantitative estimate of drug-likeness (QED) is 0.428. The molecule has 122 valence electrons. The molecule has 1 heterocycles. The van der Waals surface area contributed by atoms with Crippen LogP contribution < -0.4 is 0 Å². The first-order valence-corrected chi connectivity index (χ1v) is 9.40. The summed E-state index contributed by atoms with van der Waals surface area (Å²) in [5, 5.41) is 0. The van der Waals surface area contributed by atoms with Gasteiger partial charge >= 0.3 is 0 Å². The van der Waals surface area contributed by atoms with E-state index in [4.69, 9.17) is 0 Å². The van der Waals surface area contributed by atoms with E-state index in [1.807, 2.05) is 0 Å². The highest BCUT2D eigenvalue weighted by atomic mass is 15.1. The molecule has 0 saturated carbocycles. The minimum absolute atomic E-state index is 1.09. The normalized spacial score (nSPS) is 13.4. The third kappa shape index (κ3) is 6.25. The molecule has 0 atom stereocenters. The fraction of sp³-hybridized carbons (Fsp3) is 0.619. The smallest absolute Gasteiger partial charge is 0.0429 e. The number of rotatable bonds is 11. The summed E-state index contributed by atoms with van der Waals surface area (Å²) in [5.41, 5.74) is 2.86. The van der Waals surface area contributed by atoms with Gasteiger partial charge in [-0.2, -0.15) is 0 Å². The third-order valence-corrected chi connectivity index (χ3v) is 4.69. The SMILES string of the molecule is CCCCCCCCCCCCN1C=Cc2ccccc2C1. The van der Waals surface area contributed by atoms with Crippen molar-refractivity contribution in [3.8, 4) is 0 Å². The predicted molar refractivity (Wildman–Crippen MR) is 97.7 cm³/mol. The molecule has 0 radical (unpaired) electrons. The summed E-state index contributed by atoms with van der Waals surface area (Å²) in [5.74, 6) is 0. The lowest BCUT2D eigenvalue weighted by Gasteiger charge is -2.25. The number of nitrogens with zero attached hydrogens (tertiary/aromatic N) is 1. The predicted octanol–water partition coefficient (Wildman–Crippen LogP) is 6.39. The first kappa shape index (κ1) is 17.1. The van der Waals surface area contributed by atoms with Crippen LogP contribution in [0.25, 0.3) is 6.08 Å². The van der Waals surface area contributed by atoms with Crippen LogP contribution in [0.5, 0.6) is 0 Å². The van der Waals surface area contributed by atoms with E-state index in [0.717, 1.165) is 6.54 Å². The average molecular weight is 300 g/mol. The zero-order valence-corrected chi connectivity index (χ0v) is 14.4. The van der Waals surface area contributed by atoms with Gasteiger partial charge in [-0.25, -0.2) is 0 Å². The molecule has 2 rings (SSSR count). The van der Waals surface area contributed by atoms with E-state index in [0.29, 0.717) is 0 Å². The highest BCUT2D eigenvalue weighted by Crippen LogP contribution is 2.19. The number of fused-ring (bicyclic) bond motifs is 1. The van der Waals surface area contributed by atoms with E-state index in [9.17, 15) is 0 Å².